The van der Waals surface area contributed by atoms with Crippen molar-refractivity contribution in [1.82, 2.24) is 5.43 Å². The predicted molar refractivity (Wildman–Crippen MR) is 73.3 cm³/mol. The SMILES string of the molecule is C=C(C)CCC(NN)c1ccc(Cl)c(Br)c1. The minimum atomic E-state index is 0.130. The van der Waals surface area contributed by atoms with Gasteiger partial charge in [0.1, 0.15) is 0 Å². The van der Waals surface area contributed by atoms with Crippen molar-refractivity contribution in [2.24, 2.45) is 5.84 Å². The Morgan fingerprint density at radius 3 is 2.81 bits per heavy atom. The van der Waals surface area contributed by atoms with Crippen LogP contribution in [0.25, 0.3) is 0 Å². The molecule has 0 fully saturated rings. The molecule has 3 N–H and O–H groups in total. The number of halogens is 2. The fourth-order valence-electron chi connectivity index (χ4n) is 1.47. The summed E-state index contributed by atoms with van der Waals surface area (Å²) in [5.41, 5.74) is 5.10. The topological polar surface area (TPSA) is 38.0 Å². The third-order valence-electron chi connectivity index (χ3n) is 2.41. The number of hydrogen-bond donors (Lipinski definition) is 2. The van der Waals surface area contributed by atoms with Crippen LogP contribution in [0.3, 0.4) is 0 Å². The number of hydrazine groups is 1. The minimum Gasteiger partial charge on any atom is -0.271 e. The molecule has 0 saturated carbocycles. The summed E-state index contributed by atoms with van der Waals surface area (Å²) in [4.78, 5) is 0. The van der Waals surface area contributed by atoms with Gasteiger partial charge in [-0.2, -0.15) is 0 Å². The second-order valence-corrected chi connectivity index (χ2v) is 5.15. The van der Waals surface area contributed by atoms with Crippen molar-refractivity contribution in [3.8, 4) is 0 Å². The zero-order valence-corrected chi connectivity index (χ0v) is 11.6. The highest BCUT2D eigenvalue weighted by Crippen LogP contribution is 2.28. The van der Waals surface area contributed by atoms with Gasteiger partial charge >= 0.3 is 0 Å². The van der Waals surface area contributed by atoms with E-state index in [0.29, 0.717) is 5.02 Å². The van der Waals surface area contributed by atoms with Gasteiger partial charge in [0.25, 0.3) is 0 Å². The summed E-state index contributed by atoms with van der Waals surface area (Å²) in [6.07, 6.45) is 1.88. The van der Waals surface area contributed by atoms with Crippen LogP contribution in [0.1, 0.15) is 31.4 Å². The van der Waals surface area contributed by atoms with Gasteiger partial charge in [0, 0.05) is 10.5 Å². The Morgan fingerprint density at radius 2 is 2.31 bits per heavy atom. The van der Waals surface area contributed by atoms with Gasteiger partial charge in [0.05, 0.1) is 5.02 Å². The minimum absolute atomic E-state index is 0.130. The summed E-state index contributed by atoms with van der Waals surface area (Å²) in [6.45, 7) is 5.91. The van der Waals surface area contributed by atoms with E-state index in [2.05, 4.69) is 27.9 Å². The van der Waals surface area contributed by atoms with E-state index in [1.165, 1.54) is 0 Å². The first-order valence-electron chi connectivity index (χ1n) is 5.10. The van der Waals surface area contributed by atoms with E-state index in [-0.39, 0.29) is 6.04 Å². The molecule has 0 saturated heterocycles. The largest absolute Gasteiger partial charge is 0.271 e. The maximum absolute atomic E-state index is 5.94. The predicted octanol–water partition coefficient (Wildman–Crippen LogP) is 3.96. The van der Waals surface area contributed by atoms with Crippen LogP contribution in [0.2, 0.25) is 5.02 Å². The molecule has 16 heavy (non-hydrogen) atoms. The Kier molecular flexibility index (Phi) is 5.49. The lowest BCUT2D eigenvalue weighted by molar-refractivity contribution is 0.515. The maximum atomic E-state index is 5.94. The lowest BCUT2D eigenvalue weighted by Gasteiger charge is -2.16. The Morgan fingerprint density at radius 1 is 1.62 bits per heavy atom. The van der Waals surface area contributed by atoms with Crippen molar-refractivity contribution in [2.45, 2.75) is 25.8 Å². The third kappa shape index (κ3) is 3.91. The lowest BCUT2D eigenvalue weighted by Crippen LogP contribution is -2.28. The standard InChI is InChI=1S/C12H16BrClN2/c1-8(2)3-6-12(16-15)9-4-5-11(14)10(13)7-9/h4-5,7,12,16H,1,3,6,15H2,2H3. The van der Waals surface area contributed by atoms with Crippen LogP contribution >= 0.6 is 27.5 Å². The highest BCUT2D eigenvalue weighted by Gasteiger charge is 2.10. The number of hydrogen-bond acceptors (Lipinski definition) is 2. The van der Waals surface area contributed by atoms with E-state index in [4.69, 9.17) is 17.4 Å². The molecule has 4 heteroatoms. The average Bonchev–Trinajstić information content (AvgIpc) is 2.23. The zero-order valence-electron chi connectivity index (χ0n) is 9.26. The Balaban J connectivity index is 2.78. The molecule has 0 heterocycles. The maximum Gasteiger partial charge on any atom is 0.0548 e. The fraction of sp³-hybridized carbons (Fsp3) is 0.333. The van der Waals surface area contributed by atoms with Gasteiger partial charge < -0.3 is 0 Å². The molecule has 0 spiro atoms. The molecule has 1 unspecified atom stereocenters. The summed E-state index contributed by atoms with van der Waals surface area (Å²) < 4.78 is 0.891. The van der Waals surface area contributed by atoms with E-state index in [1.807, 2.05) is 25.1 Å². The molecule has 1 aromatic rings. The molecule has 0 radical (unpaired) electrons. The quantitative estimate of drug-likeness (QED) is 0.491. The van der Waals surface area contributed by atoms with E-state index in [0.717, 1.165) is 28.5 Å². The first-order chi connectivity index (χ1) is 7.54. The molecule has 0 aliphatic carbocycles. The van der Waals surface area contributed by atoms with Crippen LogP contribution in [0.5, 0.6) is 0 Å². The summed E-state index contributed by atoms with van der Waals surface area (Å²) in [5.74, 6) is 5.55. The van der Waals surface area contributed by atoms with E-state index >= 15 is 0 Å². The molecule has 0 aliphatic rings. The highest BCUT2D eigenvalue weighted by molar-refractivity contribution is 9.10. The first-order valence-corrected chi connectivity index (χ1v) is 6.27. The molecular formula is C12H16BrClN2. The summed E-state index contributed by atoms with van der Waals surface area (Å²) in [5, 5.41) is 0.708. The molecule has 1 rings (SSSR count). The monoisotopic (exact) mass is 302 g/mol. The average molecular weight is 304 g/mol. The second-order valence-electron chi connectivity index (χ2n) is 3.89. The molecule has 1 aromatic carbocycles. The van der Waals surface area contributed by atoms with Crippen LogP contribution in [-0.2, 0) is 0 Å². The van der Waals surface area contributed by atoms with Crippen molar-refractivity contribution in [3.05, 3.63) is 45.4 Å². The number of nitrogens with two attached hydrogens (primary N) is 1. The molecular weight excluding hydrogens is 288 g/mol. The van der Waals surface area contributed by atoms with Gasteiger partial charge in [-0.1, -0.05) is 23.2 Å². The van der Waals surface area contributed by atoms with Crippen molar-refractivity contribution < 1.29 is 0 Å². The van der Waals surface area contributed by atoms with Crippen molar-refractivity contribution in [2.75, 3.05) is 0 Å². The molecule has 0 bridgehead atoms. The molecule has 0 aromatic heterocycles. The van der Waals surface area contributed by atoms with Crippen molar-refractivity contribution in [1.29, 1.82) is 0 Å². The normalized spacial score (nSPS) is 12.5. The fourth-order valence-corrected chi connectivity index (χ4v) is 1.98. The number of nitrogens with one attached hydrogen (secondary N) is 1. The van der Waals surface area contributed by atoms with Gasteiger partial charge in [-0.25, -0.2) is 0 Å². The van der Waals surface area contributed by atoms with Gasteiger partial charge in [-0.05, 0) is 53.4 Å². The lowest BCUT2D eigenvalue weighted by atomic mass is 10.0. The van der Waals surface area contributed by atoms with Crippen LogP contribution in [0, 0.1) is 0 Å². The highest BCUT2D eigenvalue weighted by atomic mass is 79.9. The molecule has 2 nitrogen and oxygen atoms in total. The third-order valence-corrected chi connectivity index (χ3v) is 3.62. The number of benzene rings is 1. The van der Waals surface area contributed by atoms with E-state index in [9.17, 15) is 0 Å². The molecule has 1 atom stereocenters. The van der Waals surface area contributed by atoms with E-state index in [1.54, 1.807) is 0 Å². The van der Waals surface area contributed by atoms with Gasteiger partial charge in [0.2, 0.25) is 0 Å². The van der Waals surface area contributed by atoms with Crippen LogP contribution in [0.15, 0.2) is 34.8 Å². The van der Waals surface area contributed by atoms with Crippen molar-refractivity contribution in [3.63, 3.8) is 0 Å². The summed E-state index contributed by atoms with van der Waals surface area (Å²) >= 11 is 9.35. The molecule has 0 aliphatic heterocycles. The Labute approximate surface area is 110 Å². The molecule has 88 valence electrons. The smallest absolute Gasteiger partial charge is 0.0548 e. The first kappa shape index (κ1) is 13.7. The molecule has 0 amide bonds. The van der Waals surface area contributed by atoms with Crippen molar-refractivity contribution >= 4 is 27.5 Å². The van der Waals surface area contributed by atoms with Gasteiger partial charge in [-0.15, -0.1) is 6.58 Å². The van der Waals surface area contributed by atoms with Gasteiger partial charge in [-0.3, -0.25) is 11.3 Å². The Bertz CT molecular complexity index is 379. The Hall–Kier alpha value is -0.350. The van der Waals surface area contributed by atoms with Crippen LogP contribution in [0.4, 0.5) is 0 Å². The number of allylic oxidation sites excluding steroid dienone is 1. The zero-order chi connectivity index (χ0) is 12.1. The van der Waals surface area contributed by atoms with Crippen LogP contribution in [-0.4, -0.2) is 0 Å². The summed E-state index contributed by atoms with van der Waals surface area (Å²) in [7, 11) is 0. The second kappa shape index (κ2) is 6.40. The van der Waals surface area contributed by atoms with Crippen LogP contribution < -0.4 is 11.3 Å². The number of rotatable bonds is 5. The van der Waals surface area contributed by atoms with E-state index < -0.39 is 0 Å². The summed E-state index contributed by atoms with van der Waals surface area (Å²) in [6, 6.07) is 5.97. The van der Waals surface area contributed by atoms with Gasteiger partial charge in [0.15, 0.2) is 0 Å².